The molecular formula is C13H9N3O2S. The van der Waals surface area contributed by atoms with E-state index in [0.717, 1.165) is 5.39 Å². The quantitative estimate of drug-likeness (QED) is 0.750. The SMILES string of the molecule is O=C(Nc1nccs1)c1cc2ccccc2[nH]c1=O. The molecule has 3 aromatic rings. The van der Waals surface area contributed by atoms with Crippen molar-refractivity contribution in [3.05, 3.63) is 57.8 Å². The summed E-state index contributed by atoms with van der Waals surface area (Å²) in [6, 6.07) is 8.89. The molecule has 0 aliphatic carbocycles. The average molecular weight is 271 g/mol. The number of rotatable bonds is 2. The number of carbonyl (C=O) groups is 1. The van der Waals surface area contributed by atoms with Crippen LogP contribution in [0.3, 0.4) is 0 Å². The second-order valence-corrected chi connectivity index (χ2v) is 4.79. The number of pyridine rings is 1. The third-order valence-electron chi connectivity index (χ3n) is 2.65. The summed E-state index contributed by atoms with van der Waals surface area (Å²) in [7, 11) is 0. The van der Waals surface area contributed by atoms with Gasteiger partial charge in [-0.3, -0.25) is 14.9 Å². The van der Waals surface area contributed by atoms with E-state index in [2.05, 4.69) is 15.3 Å². The number of amides is 1. The van der Waals surface area contributed by atoms with Gasteiger partial charge < -0.3 is 4.98 Å². The number of para-hydroxylation sites is 1. The molecule has 0 aliphatic heterocycles. The minimum Gasteiger partial charge on any atom is -0.321 e. The number of thiazole rings is 1. The third kappa shape index (κ3) is 2.25. The van der Waals surface area contributed by atoms with Gasteiger partial charge in [0.1, 0.15) is 5.56 Å². The van der Waals surface area contributed by atoms with Crippen LogP contribution in [0.4, 0.5) is 5.13 Å². The fourth-order valence-corrected chi connectivity index (χ4v) is 2.29. The summed E-state index contributed by atoms with van der Waals surface area (Å²) in [6.07, 6.45) is 1.59. The van der Waals surface area contributed by atoms with Gasteiger partial charge in [0, 0.05) is 17.1 Å². The van der Waals surface area contributed by atoms with Crippen molar-refractivity contribution >= 4 is 33.3 Å². The number of aromatic nitrogens is 2. The fraction of sp³-hybridized carbons (Fsp3) is 0. The number of nitrogens with zero attached hydrogens (tertiary/aromatic N) is 1. The number of fused-ring (bicyclic) bond motifs is 1. The molecule has 2 N–H and O–H groups in total. The molecule has 0 saturated heterocycles. The first-order valence-electron chi connectivity index (χ1n) is 5.57. The monoisotopic (exact) mass is 271 g/mol. The first-order chi connectivity index (χ1) is 9.24. The van der Waals surface area contributed by atoms with Crippen molar-refractivity contribution in [2.45, 2.75) is 0 Å². The predicted molar refractivity (Wildman–Crippen MR) is 74.6 cm³/mol. The van der Waals surface area contributed by atoms with E-state index in [0.29, 0.717) is 10.6 Å². The first kappa shape index (κ1) is 11.6. The highest BCUT2D eigenvalue weighted by molar-refractivity contribution is 7.13. The topological polar surface area (TPSA) is 74.8 Å². The zero-order valence-electron chi connectivity index (χ0n) is 9.71. The highest BCUT2D eigenvalue weighted by Crippen LogP contribution is 2.13. The maximum Gasteiger partial charge on any atom is 0.263 e. The van der Waals surface area contributed by atoms with Crippen molar-refractivity contribution in [1.82, 2.24) is 9.97 Å². The summed E-state index contributed by atoms with van der Waals surface area (Å²) in [5.74, 6) is -0.457. The van der Waals surface area contributed by atoms with E-state index < -0.39 is 11.5 Å². The van der Waals surface area contributed by atoms with Crippen LogP contribution in [0.2, 0.25) is 0 Å². The molecule has 94 valence electrons. The van der Waals surface area contributed by atoms with E-state index in [1.165, 1.54) is 11.3 Å². The van der Waals surface area contributed by atoms with E-state index in [9.17, 15) is 9.59 Å². The third-order valence-corrected chi connectivity index (χ3v) is 3.34. The smallest absolute Gasteiger partial charge is 0.263 e. The standard InChI is InChI=1S/C13H9N3O2S/c17-11-9(12(18)16-13-14-5-6-19-13)7-8-3-1-2-4-10(8)15-11/h1-7H,(H,15,17)(H,14,16,18). The molecule has 0 saturated carbocycles. The summed E-state index contributed by atoms with van der Waals surface area (Å²) in [5, 5.41) is 5.62. The van der Waals surface area contributed by atoms with E-state index in [1.54, 1.807) is 23.7 Å². The van der Waals surface area contributed by atoms with Gasteiger partial charge in [-0.15, -0.1) is 11.3 Å². The largest absolute Gasteiger partial charge is 0.321 e. The molecule has 0 unspecified atom stereocenters. The van der Waals surface area contributed by atoms with Crippen molar-refractivity contribution in [2.24, 2.45) is 0 Å². The molecule has 1 aromatic carbocycles. The van der Waals surface area contributed by atoms with Crippen LogP contribution in [0.1, 0.15) is 10.4 Å². The van der Waals surface area contributed by atoms with Gasteiger partial charge in [0.15, 0.2) is 5.13 Å². The summed E-state index contributed by atoms with van der Waals surface area (Å²) in [6.45, 7) is 0. The van der Waals surface area contributed by atoms with Crippen LogP contribution < -0.4 is 10.9 Å². The van der Waals surface area contributed by atoms with Gasteiger partial charge in [0.05, 0.1) is 0 Å². The molecular weight excluding hydrogens is 262 g/mol. The lowest BCUT2D eigenvalue weighted by Gasteiger charge is -2.03. The van der Waals surface area contributed by atoms with E-state index >= 15 is 0 Å². The van der Waals surface area contributed by atoms with Crippen LogP contribution in [-0.4, -0.2) is 15.9 Å². The Kier molecular flexibility index (Phi) is 2.85. The van der Waals surface area contributed by atoms with Crippen LogP contribution in [0.5, 0.6) is 0 Å². The van der Waals surface area contributed by atoms with E-state index in [-0.39, 0.29) is 5.56 Å². The van der Waals surface area contributed by atoms with Gasteiger partial charge in [-0.2, -0.15) is 0 Å². The molecule has 5 nitrogen and oxygen atoms in total. The Balaban J connectivity index is 2.02. The zero-order chi connectivity index (χ0) is 13.2. The number of aromatic amines is 1. The Morgan fingerprint density at radius 1 is 1.32 bits per heavy atom. The summed E-state index contributed by atoms with van der Waals surface area (Å²) in [4.78, 5) is 30.5. The van der Waals surface area contributed by atoms with Gasteiger partial charge in [-0.05, 0) is 17.5 Å². The van der Waals surface area contributed by atoms with Crippen molar-refractivity contribution < 1.29 is 4.79 Å². The van der Waals surface area contributed by atoms with Crippen molar-refractivity contribution in [3.8, 4) is 0 Å². The number of benzene rings is 1. The van der Waals surface area contributed by atoms with Crippen LogP contribution in [-0.2, 0) is 0 Å². The van der Waals surface area contributed by atoms with E-state index in [4.69, 9.17) is 0 Å². The molecule has 6 heteroatoms. The highest BCUT2D eigenvalue weighted by Gasteiger charge is 2.12. The van der Waals surface area contributed by atoms with Crippen LogP contribution in [0.15, 0.2) is 46.7 Å². The summed E-state index contributed by atoms with van der Waals surface area (Å²) in [5.41, 5.74) is 0.375. The highest BCUT2D eigenvalue weighted by atomic mass is 32.1. The Labute approximate surface area is 111 Å². The van der Waals surface area contributed by atoms with E-state index in [1.807, 2.05) is 18.2 Å². The minimum absolute atomic E-state index is 0.0777. The lowest BCUT2D eigenvalue weighted by molar-refractivity contribution is 0.102. The van der Waals surface area contributed by atoms with Gasteiger partial charge in [0.25, 0.3) is 11.5 Å². The van der Waals surface area contributed by atoms with Crippen LogP contribution in [0, 0.1) is 0 Å². The van der Waals surface area contributed by atoms with Crippen molar-refractivity contribution in [3.63, 3.8) is 0 Å². The lowest BCUT2D eigenvalue weighted by Crippen LogP contribution is -2.22. The van der Waals surface area contributed by atoms with Crippen LogP contribution in [0.25, 0.3) is 10.9 Å². The Morgan fingerprint density at radius 3 is 2.95 bits per heavy atom. The van der Waals surface area contributed by atoms with Crippen LogP contribution >= 0.6 is 11.3 Å². The Morgan fingerprint density at radius 2 is 2.16 bits per heavy atom. The molecule has 0 radical (unpaired) electrons. The van der Waals surface area contributed by atoms with Crippen molar-refractivity contribution in [1.29, 1.82) is 0 Å². The first-order valence-corrected chi connectivity index (χ1v) is 6.45. The normalized spacial score (nSPS) is 10.5. The fourth-order valence-electron chi connectivity index (χ4n) is 1.77. The second-order valence-electron chi connectivity index (χ2n) is 3.89. The lowest BCUT2D eigenvalue weighted by atomic mass is 10.1. The van der Waals surface area contributed by atoms with Gasteiger partial charge >= 0.3 is 0 Å². The molecule has 19 heavy (non-hydrogen) atoms. The predicted octanol–water partition coefficient (Wildman–Crippen LogP) is 2.24. The van der Waals surface area contributed by atoms with Crippen molar-refractivity contribution in [2.75, 3.05) is 5.32 Å². The molecule has 1 amide bonds. The maximum atomic E-state index is 12.0. The summed E-state index contributed by atoms with van der Waals surface area (Å²) >= 11 is 1.30. The molecule has 2 aromatic heterocycles. The van der Waals surface area contributed by atoms with Gasteiger partial charge in [-0.25, -0.2) is 4.98 Å². The second kappa shape index (κ2) is 4.66. The zero-order valence-corrected chi connectivity index (χ0v) is 10.5. The van der Waals surface area contributed by atoms with Gasteiger partial charge in [-0.1, -0.05) is 18.2 Å². The molecule has 0 atom stereocenters. The number of anilines is 1. The molecule has 0 aliphatic rings. The number of H-pyrrole nitrogens is 1. The number of hydrogen-bond acceptors (Lipinski definition) is 4. The number of hydrogen-bond donors (Lipinski definition) is 2. The Bertz CT molecular complexity index is 793. The number of carbonyl (C=O) groups excluding carboxylic acids is 1. The molecule has 0 bridgehead atoms. The molecule has 0 fully saturated rings. The minimum atomic E-state index is -0.457. The molecule has 2 heterocycles. The molecule has 0 spiro atoms. The average Bonchev–Trinajstić information content (AvgIpc) is 2.90. The maximum absolute atomic E-state index is 12.0. The number of nitrogens with one attached hydrogen (secondary N) is 2. The van der Waals surface area contributed by atoms with Gasteiger partial charge in [0.2, 0.25) is 0 Å². The summed E-state index contributed by atoms with van der Waals surface area (Å²) < 4.78 is 0. The molecule has 3 rings (SSSR count). The Hall–Kier alpha value is -2.47.